The summed E-state index contributed by atoms with van der Waals surface area (Å²) in [6.45, 7) is 0. The molecule has 7 aromatic carbocycles. The lowest BCUT2D eigenvalue weighted by Crippen LogP contribution is -2.00. The average Bonchev–Trinajstić information content (AvgIpc) is 3.76. The minimum atomic E-state index is 0.572. The molecule has 0 fully saturated rings. The number of fused-ring (bicyclic) bond motifs is 6. The van der Waals surface area contributed by atoms with Crippen molar-refractivity contribution in [2.24, 2.45) is 0 Å². The minimum absolute atomic E-state index is 0.572. The Labute approximate surface area is 287 Å². The third kappa shape index (κ3) is 4.75. The van der Waals surface area contributed by atoms with Crippen molar-refractivity contribution in [2.75, 3.05) is 0 Å². The van der Waals surface area contributed by atoms with E-state index in [-0.39, 0.29) is 0 Å². The Morgan fingerprint density at radius 1 is 0.300 bits per heavy atom. The predicted octanol–water partition coefficient (Wildman–Crippen LogP) is 12.0. The summed E-state index contributed by atoms with van der Waals surface area (Å²) in [7, 11) is 0. The largest absolute Gasteiger partial charge is 0.456 e. The standard InChI is InChI=1S/C45H27N3O2/c1-3-10-28(11-4-1)29-18-20-30(21-19-29)32-22-25-36-41(26-32)50-39-17-9-15-37(42(36)39)45-47-43(31-12-5-2-6-13-31)46-44(48-45)33-23-24-35-34-14-7-8-16-38(34)49-40(35)27-33/h1-27H. The second kappa shape index (κ2) is 11.4. The molecule has 5 heteroatoms. The second-order valence-electron chi connectivity index (χ2n) is 12.4. The van der Waals surface area contributed by atoms with Gasteiger partial charge in [-0.1, -0.05) is 127 Å². The topological polar surface area (TPSA) is 65.0 Å². The molecule has 0 amide bonds. The molecule has 0 aliphatic heterocycles. The van der Waals surface area contributed by atoms with Crippen LogP contribution < -0.4 is 0 Å². The summed E-state index contributed by atoms with van der Waals surface area (Å²) in [6, 6.07) is 55.8. The van der Waals surface area contributed by atoms with Gasteiger partial charge in [-0.2, -0.15) is 0 Å². The van der Waals surface area contributed by atoms with Gasteiger partial charge in [0.1, 0.15) is 22.3 Å². The van der Waals surface area contributed by atoms with Crippen molar-refractivity contribution < 1.29 is 8.83 Å². The first-order chi connectivity index (χ1) is 24.7. The molecule has 5 nitrogen and oxygen atoms in total. The van der Waals surface area contributed by atoms with Gasteiger partial charge in [-0.05, 0) is 58.7 Å². The molecule has 50 heavy (non-hydrogen) atoms. The lowest BCUT2D eigenvalue weighted by atomic mass is 9.99. The van der Waals surface area contributed by atoms with E-state index in [9.17, 15) is 0 Å². The molecule has 3 aromatic heterocycles. The highest BCUT2D eigenvalue weighted by molar-refractivity contribution is 6.12. The number of para-hydroxylation sites is 1. The second-order valence-corrected chi connectivity index (χ2v) is 12.4. The van der Waals surface area contributed by atoms with Gasteiger partial charge in [-0.25, -0.2) is 15.0 Å². The van der Waals surface area contributed by atoms with Crippen LogP contribution in [0.5, 0.6) is 0 Å². The zero-order chi connectivity index (χ0) is 33.0. The van der Waals surface area contributed by atoms with Crippen LogP contribution in [0, 0.1) is 0 Å². The fraction of sp³-hybridized carbons (Fsp3) is 0. The van der Waals surface area contributed by atoms with E-state index in [4.69, 9.17) is 23.8 Å². The third-order valence-corrected chi connectivity index (χ3v) is 9.37. The summed E-state index contributed by atoms with van der Waals surface area (Å²) in [5.74, 6) is 1.75. The van der Waals surface area contributed by atoms with E-state index in [0.717, 1.165) is 71.7 Å². The fourth-order valence-corrected chi connectivity index (χ4v) is 6.88. The van der Waals surface area contributed by atoms with E-state index in [1.165, 1.54) is 11.1 Å². The molecule has 10 rings (SSSR count). The first-order valence-electron chi connectivity index (χ1n) is 16.6. The Bertz CT molecular complexity index is 2850. The Balaban J connectivity index is 1.10. The summed E-state index contributed by atoms with van der Waals surface area (Å²) in [4.78, 5) is 15.1. The van der Waals surface area contributed by atoms with Gasteiger partial charge >= 0.3 is 0 Å². The van der Waals surface area contributed by atoms with Crippen molar-refractivity contribution in [3.8, 4) is 56.4 Å². The molecule has 0 unspecified atom stereocenters. The van der Waals surface area contributed by atoms with Crippen LogP contribution in [0.2, 0.25) is 0 Å². The van der Waals surface area contributed by atoms with Crippen LogP contribution in [0.1, 0.15) is 0 Å². The van der Waals surface area contributed by atoms with Crippen molar-refractivity contribution in [2.45, 2.75) is 0 Å². The molecule has 0 radical (unpaired) electrons. The van der Waals surface area contributed by atoms with Crippen LogP contribution >= 0.6 is 0 Å². The fourth-order valence-electron chi connectivity index (χ4n) is 6.88. The molecular formula is C45H27N3O2. The Morgan fingerprint density at radius 3 is 1.60 bits per heavy atom. The molecule has 0 saturated carbocycles. The van der Waals surface area contributed by atoms with Gasteiger partial charge in [0, 0.05) is 38.2 Å². The number of benzene rings is 7. The van der Waals surface area contributed by atoms with Gasteiger partial charge in [-0.3, -0.25) is 0 Å². The minimum Gasteiger partial charge on any atom is -0.456 e. The molecule has 0 saturated heterocycles. The molecule has 0 aliphatic carbocycles. The molecule has 0 atom stereocenters. The first kappa shape index (κ1) is 28.2. The Hall–Kier alpha value is -6.85. The summed E-state index contributed by atoms with van der Waals surface area (Å²) in [5.41, 5.74) is 10.5. The van der Waals surface area contributed by atoms with Crippen molar-refractivity contribution in [1.29, 1.82) is 0 Å². The molecular weight excluding hydrogens is 615 g/mol. The molecule has 3 heterocycles. The van der Waals surface area contributed by atoms with Crippen LogP contribution in [0.15, 0.2) is 173 Å². The van der Waals surface area contributed by atoms with Gasteiger partial charge in [0.25, 0.3) is 0 Å². The number of nitrogens with zero attached hydrogens (tertiary/aromatic N) is 3. The molecule has 234 valence electrons. The molecule has 0 N–H and O–H groups in total. The highest BCUT2D eigenvalue weighted by atomic mass is 16.3. The number of hydrogen-bond acceptors (Lipinski definition) is 5. The normalized spacial score (nSPS) is 11.6. The molecule has 10 aromatic rings. The maximum Gasteiger partial charge on any atom is 0.164 e. The van der Waals surface area contributed by atoms with Crippen LogP contribution in [-0.2, 0) is 0 Å². The van der Waals surface area contributed by atoms with Crippen LogP contribution in [-0.4, -0.2) is 15.0 Å². The lowest BCUT2D eigenvalue weighted by Gasteiger charge is -2.09. The highest BCUT2D eigenvalue weighted by Gasteiger charge is 2.19. The number of hydrogen-bond donors (Lipinski definition) is 0. The maximum atomic E-state index is 6.49. The molecule has 0 bridgehead atoms. The maximum absolute atomic E-state index is 6.49. The van der Waals surface area contributed by atoms with Crippen molar-refractivity contribution in [3.63, 3.8) is 0 Å². The van der Waals surface area contributed by atoms with E-state index < -0.39 is 0 Å². The van der Waals surface area contributed by atoms with Gasteiger partial charge in [0.2, 0.25) is 0 Å². The van der Waals surface area contributed by atoms with Crippen molar-refractivity contribution in [3.05, 3.63) is 164 Å². The van der Waals surface area contributed by atoms with Gasteiger partial charge in [0.15, 0.2) is 17.5 Å². The summed E-state index contributed by atoms with van der Waals surface area (Å²) in [6.07, 6.45) is 0. The number of aromatic nitrogens is 3. The SMILES string of the molecule is c1ccc(-c2ccc(-c3ccc4c(c3)oc3cccc(-c5nc(-c6ccccc6)nc(-c6ccc7c(c6)oc6ccccc67)n5)c34)cc2)cc1. The quantitative estimate of drug-likeness (QED) is 0.187. The summed E-state index contributed by atoms with van der Waals surface area (Å²) in [5, 5.41) is 4.12. The van der Waals surface area contributed by atoms with Crippen LogP contribution in [0.3, 0.4) is 0 Å². The average molecular weight is 642 g/mol. The zero-order valence-corrected chi connectivity index (χ0v) is 26.7. The smallest absolute Gasteiger partial charge is 0.164 e. The third-order valence-electron chi connectivity index (χ3n) is 9.37. The van der Waals surface area contributed by atoms with E-state index >= 15 is 0 Å². The predicted molar refractivity (Wildman–Crippen MR) is 202 cm³/mol. The van der Waals surface area contributed by atoms with Gasteiger partial charge in [0.05, 0.1) is 0 Å². The van der Waals surface area contributed by atoms with E-state index in [1.54, 1.807) is 0 Å². The first-order valence-corrected chi connectivity index (χ1v) is 16.6. The van der Waals surface area contributed by atoms with Gasteiger partial charge in [-0.15, -0.1) is 0 Å². The van der Waals surface area contributed by atoms with Crippen LogP contribution in [0.4, 0.5) is 0 Å². The highest BCUT2D eigenvalue weighted by Crippen LogP contribution is 2.39. The zero-order valence-electron chi connectivity index (χ0n) is 26.7. The Morgan fingerprint density at radius 2 is 0.800 bits per heavy atom. The summed E-state index contributed by atoms with van der Waals surface area (Å²) < 4.78 is 12.7. The van der Waals surface area contributed by atoms with Crippen molar-refractivity contribution >= 4 is 43.9 Å². The number of furan rings is 2. The molecule has 0 spiro atoms. The van der Waals surface area contributed by atoms with E-state index in [2.05, 4.69) is 91.0 Å². The van der Waals surface area contributed by atoms with E-state index in [0.29, 0.717) is 17.5 Å². The lowest BCUT2D eigenvalue weighted by molar-refractivity contribution is 0.668. The summed E-state index contributed by atoms with van der Waals surface area (Å²) >= 11 is 0. The van der Waals surface area contributed by atoms with Crippen molar-refractivity contribution in [1.82, 2.24) is 15.0 Å². The monoisotopic (exact) mass is 641 g/mol. The van der Waals surface area contributed by atoms with Crippen LogP contribution in [0.25, 0.3) is 100 Å². The molecule has 0 aliphatic rings. The Kier molecular flexibility index (Phi) is 6.42. The van der Waals surface area contributed by atoms with E-state index in [1.807, 2.05) is 72.8 Å². The van der Waals surface area contributed by atoms with Gasteiger partial charge < -0.3 is 8.83 Å². The number of rotatable bonds is 5.